The smallest absolute Gasteiger partial charge is 0.257 e. The van der Waals surface area contributed by atoms with Gasteiger partial charge in [-0.2, -0.15) is 0 Å². The van der Waals surface area contributed by atoms with E-state index in [-0.39, 0.29) is 11.6 Å². The molecule has 6 heteroatoms. The van der Waals surface area contributed by atoms with E-state index in [9.17, 15) is 9.18 Å². The lowest BCUT2D eigenvalue weighted by atomic mass is 10.1. The number of aromatic nitrogens is 1. The fourth-order valence-electron chi connectivity index (χ4n) is 3.14. The van der Waals surface area contributed by atoms with Crippen LogP contribution < -0.4 is 10.2 Å². The molecule has 1 amide bonds. The molecule has 1 aromatic heterocycles. The number of fused-ring (bicyclic) bond motifs is 1. The van der Waals surface area contributed by atoms with Crippen LogP contribution in [-0.4, -0.2) is 37.2 Å². The van der Waals surface area contributed by atoms with E-state index in [1.807, 2.05) is 24.3 Å². The molecule has 5 nitrogen and oxygen atoms in total. The summed E-state index contributed by atoms with van der Waals surface area (Å²) >= 11 is 0. The van der Waals surface area contributed by atoms with Gasteiger partial charge in [0.25, 0.3) is 5.91 Å². The molecule has 0 aliphatic carbocycles. The molecule has 1 aliphatic rings. The van der Waals surface area contributed by atoms with Crippen LogP contribution in [0, 0.1) is 5.82 Å². The van der Waals surface area contributed by atoms with Gasteiger partial charge < -0.3 is 15.0 Å². The Kier molecular flexibility index (Phi) is 4.50. The van der Waals surface area contributed by atoms with E-state index in [1.165, 1.54) is 12.1 Å². The van der Waals surface area contributed by atoms with Crippen molar-refractivity contribution in [1.29, 1.82) is 0 Å². The number of hydrogen-bond acceptors (Lipinski definition) is 4. The summed E-state index contributed by atoms with van der Waals surface area (Å²) in [6.45, 7) is 2.84. The molecule has 0 saturated carbocycles. The molecule has 132 valence electrons. The summed E-state index contributed by atoms with van der Waals surface area (Å²) in [5, 5.41) is 4.32. The predicted molar refractivity (Wildman–Crippen MR) is 99.1 cm³/mol. The summed E-state index contributed by atoms with van der Waals surface area (Å²) in [4.78, 5) is 19.4. The van der Waals surface area contributed by atoms with Gasteiger partial charge in [0.05, 0.1) is 24.5 Å². The molecular formula is C20H18FN3O2. The van der Waals surface area contributed by atoms with Gasteiger partial charge in [0.2, 0.25) is 0 Å². The zero-order valence-electron chi connectivity index (χ0n) is 14.1. The first-order chi connectivity index (χ1) is 12.7. The fraction of sp³-hybridized carbons (Fsp3) is 0.200. The lowest BCUT2D eigenvalue weighted by molar-refractivity contribution is 0.102. The van der Waals surface area contributed by atoms with Crippen molar-refractivity contribution in [2.45, 2.75) is 0 Å². The van der Waals surface area contributed by atoms with Crippen molar-refractivity contribution in [1.82, 2.24) is 4.98 Å². The van der Waals surface area contributed by atoms with E-state index in [0.29, 0.717) is 18.8 Å². The summed E-state index contributed by atoms with van der Waals surface area (Å²) in [5.74, 6) is -0.0123. The number of pyridine rings is 1. The minimum Gasteiger partial charge on any atom is -0.378 e. The van der Waals surface area contributed by atoms with E-state index in [4.69, 9.17) is 4.74 Å². The number of halogens is 1. The molecule has 1 N–H and O–H groups in total. The third kappa shape index (κ3) is 3.11. The molecule has 2 aromatic carbocycles. The number of anilines is 2. The van der Waals surface area contributed by atoms with Gasteiger partial charge in [0.1, 0.15) is 11.6 Å². The van der Waals surface area contributed by atoms with Gasteiger partial charge in [-0.05, 0) is 17.5 Å². The average Bonchev–Trinajstić information content (AvgIpc) is 2.69. The number of carbonyl (C=O) groups is 1. The predicted octanol–water partition coefficient (Wildman–Crippen LogP) is 3.46. The van der Waals surface area contributed by atoms with Crippen LogP contribution in [0.15, 0.2) is 54.7 Å². The number of para-hydroxylation sites is 1. The number of carbonyl (C=O) groups excluding carboxylic acids is 1. The zero-order valence-corrected chi connectivity index (χ0v) is 14.1. The number of rotatable bonds is 3. The highest BCUT2D eigenvalue weighted by Crippen LogP contribution is 2.28. The molecule has 0 spiro atoms. The molecule has 1 fully saturated rings. The van der Waals surface area contributed by atoms with Crippen molar-refractivity contribution in [2.24, 2.45) is 0 Å². The van der Waals surface area contributed by atoms with Gasteiger partial charge >= 0.3 is 0 Å². The lowest BCUT2D eigenvalue weighted by Gasteiger charge is -2.29. The number of morpholine rings is 1. The van der Waals surface area contributed by atoms with Gasteiger partial charge in [-0.1, -0.05) is 36.4 Å². The van der Waals surface area contributed by atoms with Crippen LogP contribution in [0.3, 0.4) is 0 Å². The third-order valence-corrected chi connectivity index (χ3v) is 4.45. The second-order valence-corrected chi connectivity index (χ2v) is 6.07. The molecule has 1 saturated heterocycles. The highest BCUT2D eigenvalue weighted by Gasteiger charge is 2.19. The first-order valence-corrected chi connectivity index (χ1v) is 8.50. The van der Waals surface area contributed by atoms with Gasteiger partial charge in [-0.25, -0.2) is 9.37 Å². The Morgan fingerprint density at radius 1 is 1.04 bits per heavy atom. The highest BCUT2D eigenvalue weighted by molar-refractivity contribution is 6.14. The van der Waals surface area contributed by atoms with E-state index < -0.39 is 5.82 Å². The maximum absolute atomic E-state index is 13.8. The summed E-state index contributed by atoms with van der Waals surface area (Å²) in [6, 6.07) is 13.7. The van der Waals surface area contributed by atoms with Gasteiger partial charge in [-0.15, -0.1) is 0 Å². The fourth-order valence-corrected chi connectivity index (χ4v) is 3.14. The molecule has 26 heavy (non-hydrogen) atoms. The average molecular weight is 351 g/mol. The Balaban J connectivity index is 1.72. The van der Waals surface area contributed by atoms with Crippen molar-refractivity contribution >= 4 is 28.2 Å². The number of nitrogens with one attached hydrogen (secondary N) is 1. The summed E-state index contributed by atoms with van der Waals surface area (Å²) in [5.41, 5.74) is 0.569. The van der Waals surface area contributed by atoms with Crippen molar-refractivity contribution in [3.8, 4) is 0 Å². The molecule has 2 heterocycles. The standard InChI is InChI=1S/C20H18FN3O2/c21-17-7-3-4-8-18(17)23-20(25)16-13-22-19(24-9-11-26-12-10-24)15-6-2-1-5-14(15)16/h1-8,13H,9-12H2,(H,23,25). The SMILES string of the molecule is O=C(Nc1ccccc1F)c1cnc(N2CCOCC2)c2ccccc12. The van der Waals surface area contributed by atoms with Crippen molar-refractivity contribution < 1.29 is 13.9 Å². The van der Waals surface area contributed by atoms with Crippen LogP contribution in [0.5, 0.6) is 0 Å². The number of amides is 1. The first kappa shape index (κ1) is 16.5. The highest BCUT2D eigenvalue weighted by atomic mass is 19.1. The molecule has 4 rings (SSSR count). The number of benzene rings is 2. The molecule has 1 aliphatic heterocycles. The van der Waals surface area contributed by atoms with Gasteiger partial charge in [-0.3, -0.25) is 4.79 Å². The second-order valence-electron chi connectivity index (χ2n) is 6.07. The topological polar surface area (TPSA) is 54.5 Å². The Bertz CT molecular complexity index is 955. The maximum atomic E-state index is 13.8. The first-order valence-electron chi connectivity index (χ1n) is 8.50. The summed E-state index contributed by atoms with van der Waals surface area (Å²) in [7, 11) is 0. The Labute approximate surface area is 150 Å². The van der Waals surface area contributed by atoms with E-state index >= 15 is 0 Å². The van der Waals surface area contributed by atoms with Crippen LogP contribution in [0.4, 0.5) is 15.9 Å². The van der Waals surface area contributed by atoms with Crippen LogP contribution in [0.2, 0.25) is 0 Å². The van der Waals surface area contributed by atoms with Gasteiger partial charge in [0, 0.05) is 24.7 Å². The van der Waals surface area contributed by atoms with Crippen molar-refractivity contribution in [3.05, 3.63) is 66.1 Å². The Morgan fingerprint density at radius 2 is 1.73 bits per heavy atom. The van der Waals surface area contributed by atoms with Gasteiger partial charge in [0.15, 0.2) is 0 Å². The number of hydrogen-bond donors (Lipinski definition) is 1. The largest absolute Gasteiger partial charge is 0.378 e. The summed E-state index contributed by atoms with van der Waals surface area (Å²) < 4.78 is 19.2. The van der Waals surface area contributed by atoms with Crippen LogP contribution in [0.1, 0.15) is 10.4 Å². The normalized spacial score (nSPS) is 14.4. The molecule has 0 unspecified atom stereocenters. The Hall–Kier alpha value is -2.99. The monoisotopic (exact) mass is 351 g/mol. The lowest BCUT2D eigenvalue weighted by Crippen LogP contribution is -2.37. The third-order valence-electron chi connectivity index (χ3n) is 4.45. The van der Waals surface area contributed by atoms with Crippen LogP contribution in [-0.2, 0) is 4.74 Å². The number of ether oxygens (including phenoxy) is 1. The molecule has 3 aromatic rings. The molecular weight excluding hydrogens is 333 g/mol. The maximum Gasteiger partial charge on any atom is 0.257 e. The Morgan fingerprint density at radius 3 is 2.50 bits per heavy atom. The molecule has 0 radical (unpaired) electrons. The van der Waals surface area contributed by atoms with Crippen LogP contribution >= 0.6 is 0 Å². The van der Waals surface area contributed by atoms with E-state index in [0.717, 1.165) is 29.7 Å². The zero-order chi connectivity index (χ0) is 17.9. The second kappa shape index (κ2) is 7.09. The molecule has 0 bridgehead atoms. The quantitative estimate of drug-likeness (QED) is 0.785. The minimum absolute atomic E-state index is 0.152. The van der Waals surface area contributed by atoms with E-state index in [1.54, 1.807) is 18.3 Å². The van der Waals surface area contributed by atoms with E-state index in [2.05, 4.69) is 15.2 Å². The van der Waals surface area contributed by atoms with Crippen molar-refractivity contribution in [3.63, 3.8) is 0 Å². The molecule has 0 atom stereocenters. The van der Waals surface area contributed by atoms with Crippen molar-refractivity contribution in [2.75, 3.05) is 36.5 Å². The van der Waals surface area contributed by atoms with Crippen LogP contribution in [0.25, 0.3) is 10.8 Å². The number of nitrogens with zero attached hydrogens (tertiary/aromatic N) is 2. The summed E-state index contributed by atoms with van der Waals surface area (Å²) in [6.07, 6.45) is 1.56. The minimum atomic E-state index is -0.469.